The number of aromatic hydroxyl groups is 1. The molecule has 1 aromatic rings. The summed E-state index contributed by atoms with van der Waals surface area (Å²) in [6.45, 7) is 0. The summed E-state index contributed by atoms with van der Waals surface area (Å²) in [7, 11) is 2.82. The molecule has 0 radical (unpaired) electrons. The number of rotatable bonds is 3. The zero-order valence-electron chi connectivity index (χ0n) is 11.0. The number of methoxy groups -OCH3 is 1. The summed E-state index contributed by atoms with van der Waals surface area (Å²) in [6, 6.07) is 2.28. The summed E-state index contributed by atoms with van der Waals surface area (Å²) in [5.41, 5.74) is -0.127. The van der Waals surface area contributed by atoms with Gasteiger partial charge in [0.1, 0.15) is 4.32 Å². The molecule has 1 fully saturated rings. The van der Waals surface area contributed by atoms with E-state index in [-0.39, 0.29) is 33.6 Å². The molecule has 1 saturated heterocycles. The molecule has 1 N–H and O–H groups in total. The highest BCUT2D eigenvalue weighted by molar-refractivity contribution is 8.26. The first-order valence-electron chi connectivity index (χ1n) is 5.62. The number of nitro benzene ring substituents is 1. The lowest BCUT2D eigenvalue weighted by atomic mass is 10.1. The number of likely N-dealkylation sites (N-methyl/N-ethyl adjacent to an activating group) is 1. The molecule has 21 heavy (non-hydrogen) atoms. The van der Waals surface area contributed by atoms with E-state index in [2.05, 4.69) is 0 Å². The van der Waals surface area contributed by atoms with Crippen molar-refractivity contribution in [2.45, 2.75) is 0 Å². The molecular weight excluding hydrogens is 316 g/mol. The Morgan fingerprint density at radius 3 is 2.67 bits per heavy atom. The molecule has 0 aromatic heterocycles. The average Bonchev–Trinajstić information content (AvgIpc) is 2.68. The first-order valence-corrected chi connectivity index (χ1v) is 6.84. The smallest absolute Gasteiger partial charge is 0.274 e. The van der Waals surface area contributed by atoms with Crippen LogP contribution in [0, 0.1) is 10.1 Å². The topological polar surface area (TPSA) is 92.9 Å². The predicted molar refractivity (Wildman–Crippen MR) is 82.2 cm³/mol. The number of thioether (sulfide) groups is 1. The van der Waals surface area contributed by atoms with Crippen LogP contribution in [-0.2, 0) is 4.79 Å². The van der Waals surface area contributed by atoms with E-state index in [0.717, 1.165) is 17.8 Å². The Balaban J connectivity index is 2.54. The Hall–Kier alpha value is -2.13. The van der Waals surface area contributed by atoms with Crippen LogP contribution >= 0.6 is 24.0 Å². The fourth-order valence-corrected chi connectivity index (χ4v) is 2.84. The maximum Gasteiger partial charge on any atom is 0.274 e. The number of benzene rings is 1. The second kappa shape index (κ2) is 5.70. The van der Waals surface area contributed by atoms with Crippen LogP contribution in [0.25, 0.3) is 6.08 Å². The van der Waals surface area contributed by atoms with Crippen molar-refractivity contribution >= 4 is 46.0 Å². The zero-order valence-corrected chi connectivity index (χ0v) is 12.7. The molecule has 0 aliphatic carbocycles. The number of hydrogen-bond acceptors (Lipinski definition) is 7. The SMILES string of the molecule is COc1cc([N+](=O)[O-])cc(/C=C2/SC(=S)N(C)C2=O)c1O. The second-order valence-corrected chi connectivity index (χ2v) is 5.76. The first kappa shape index (κ1) is 15.3. The molecule has 1 aromatic carbocycles. The number of ether oxygens (including phenoxy) is 1. The van der Waals surface area contributed by atoms with Crippen LogP contribution in [0.3, 0.4) is 0 Å². The fourth-order valence-electron chi connectivity index (χ4n) is 1.67. The van der Waals surface area contributed by atoms with Crippen molar-refractivity contribution in [2.24, 2.45) is 0 Å². The van der Waals surface area contributed by atoms with Crippen LogP contribution in [0.4, 0.5) is 5.69 Å². The number of hydrogen-bond donors (Lipinski definition) is 1. The van der Waals surface area contributed by atoms with Crippen molar-refractivity contribution in [2.75, 3.05) is 14.2 Å². The van der Waals surface area contributed by atoms with E-state index >= 15 is 0 Å². The molecule has 7 nitrogen and oxygen atoms in total. The van der Waals surface area contributed by atoms with Crippen LogP contribution in [0.2, 0.25) is 0 Å². The molecule has 0 unspecified atom stereocenters. The summed E-state index contributed by atoms with van der Waals surface area (Å²) in [4.78, 5) is 23.8. The number of amides is 1. The van der Waals surface area contributed by atoms with Crippen molar-refractivity contribution in [3.8, 4) is 11.5 Å². The third kappa shape index (κ3) is 2.83. The molecular formula is C12H10N2O5S2. The van der Waals surface area contributed by atoms with Gasteiger partial charge in [-0.05, 0) is 6.08 Å². The van der Waals surface area contributed by atoms with E-state index in [9.17, 15) is 20.0 Å². The minimum atomic E-state index is -0.607. The van der Waals surface area contributed by atoms with Gasteiger partial charge in [-0.1, -0.05) is 24.0 Å². The Bertz CT molecular complexity index is 686. The van der Waals surface area contributed by atoms with E-state index in [1.807, 2.05) is 0 Å². The summed E-state index contributed by atoms with van der Waals surface area (Å²) < 4.78 is 5.28. The highest BCUT2D eigenvalue weighted by Crippen LogP contribution is 2.38. The minimum absolute atomic E-state index is 0.0394. The lowest BCUT2D eigenvalue weighted by Gasteiger charge is -2.07. The molecule has 110 valence electrons. The molecule has 1 heterocycles. The molecule has 0 saturated carbocycles. The highest BCUT2D eigenvalue weighted by Gasteiger charge is 2.29. The summed E-state index contributed by atoms with van der Waals surface area (Å²) in [5.74, 6) is -0.637. The maximum atomic E-state index is 11.9. The van der Waals surface area contributed by atoms with Crippen molar-refractivity contribution < 1.29 is 19.6 Å². The Morgan fingerprint density at radius 1 is 1.52 bits per heavy atom. The first-order chi connectivity index (χ1) is 9.85. The van der Waals surface area contributed by atoms with Gasteiger partial charge in [0.25, 0.3) is 11.6 Å². The van der Waals surface area contributed by atoms with Gasteiger partial charge < -0.3 is 9.84 Å². The molecule has 2 rings (SSSR count). The molecule has 1 amide bonds. The monoisotopic (exact) mass is 326 g/mol. The Labute approximate surface area is 129 Å². The third-order valence-corrected chi connectivity index (χ3v) is 4.28. The van der Waals surface area contributed by atoms with E-state index in [4.69, 9.17) is 17.0 Å². The third-order valence-electron chi connectivity index (χ3n) is 2.79. The largest absolute Gasteiger partial charge is 0.504 e. The summed E-state index contributed by atoms with van der Waals surface area (Å²) >= 11 is 6.05. The van der Waals surface area contributed by atoms with Crippen molar-refractivity contribution in [3.05, 3.63) is 32.7 Å². The average molecular weight is 326 g/mol. The lowest BCUT2D eigenvalue weighted by molar-refractivity contribution is -0.385. The summed E-state index contributed by atoms with van der Waals surface area (Å²) in [6.07, 6.45) is 1.35. The van der Waals surface area contributed by atoms with Gasteiger partial charge in [-0.15, -0.1) is 0 Å². The number of phenols is 1. The van der Waals surface area contributed by atoms with Crippen molar-refractivity contribution in [1.82, 2.24) is 4.90 Å². The van der Waals surface area contributed by atoms with Crippen molar-refractivity contribution in [3.63, 3.8) is 0 Å². The van der Waals surface area contributed by atoms with E-state index < -0.39 is 4.92 Å². The van der Waals surface area contributed by atoms with E-state index in [1.165, 1.54) is 31.2 Å². The van der Waals surface area contributed by atoms with E-state index in [0.29, 0.717) is 4.32 Å². The number of thiocarbonyl (C=S) groups is 1. The molecule has 0 spiro atoms. The summed E-state index contributed by atoms with van der Waals surface area (Å²) in [5, 5.41) is 20.9. The van der Waals surface area contributed by atoms with Gasteiger partial charge >= 0.3 is 0 Å². The normalized spacial score (nSPS) is 16.7. The van der Waals surface area contributed by atoms with Gasteiger partial charge in [-0.2, -0.15) is 0 Å². The molecule has 0 bridgehead atoms. The van der Waals surface area contributed by atoms with Gasteiger partial charge in [-0.3, -0.25) is 19.8 Å². The predicted octanol–water partition coefficient (Wildman–Crippen LogP) is 2.14. The van der Waals surface area contributed by atoms with Gasteiger partial charge in [0.15, 0.2) is 11.5 Å². The molecule has 1 aliphatic heterocycles. The highest BCUT2D eigenvalue weighted by atomic mass is 32.2. The Kier molecular flexibility index (Phi) is 4.14. The minimum Gasteiger partial charge on any atom is -0.504 e. The number of carbonyl (C=O) groups is 1. The number of nitrogens with zero attached hydrogens (tertiary/aromatic N) is 2. The van der Waals surface area contributed by atoms with Crippen LogP contribution in [0.15, 0.2) is 17.0 Å². The standard InChI is InChI=1S/C12H10N2O5S2/c1-13-11(16)9(21-12(13)20)4-6-3-7(14(17)18)5-8(19-2)10(6)15/h3-5,15H,1-2H3/b9-4+. The molecule has 0 atom stereocenters. The number of non-ortho nitro benzene ring substituents is 1. The van der Waals surface area contributed by atoms with Crippen LogP contribution in [0.1, 0.15) is 5.56 Å². The maximum absolute atomic E-state index is 11.9. The van der Waals surface area contributed by atoms with Crippen LogP contribution < -0.4 is 4.74 Å². The quantitative estimate of drug-likeness (QED) is 0.394. The molecule has 1 aliphatic rings. The lowest BCUT2D eigenvalue weighted by Crippen LogP contribution is -2.22. The number of nitro groups is 1. The second-order valence-electron chi connectivity index (χ2n) is 4.08. The number of phenolic OH excluding ortho intramolecular Hbond substituents is 1. The van der Waals surface area contributed by atoms with Gasteiger partial charge in [0.2, 0.25) is 0 Å². The van der Waals surface area contributed by atoms with Gasteiger partial charge in [0, 0.05) is 18.7 Å². The van der Waals surface area contributed by atoms with Crippen LogP contribution in [0.5, 0.6) is 11.5 Å². The molecule has 9 heteroatoms. The van der Waals surface area contributed by atoms with Gasteiger partial charge in [-0.25, -0.2) is 0 Å². The zero-order chi connectivity index (χ0) is 15.7. The Morgan fingerprint density at radius 2 is 2.19 bits per heavy atom. The van der Waals surface area contributed by atoms with Gasteiger partial charge in [0.05, 0.1) is 23.0 Å². The number of carbonyl (C=O) groups excluding carboxylic acids is 1. The van der Waals surface area contributed by atoms with Crippen molar-refractivity contribution in [1.29, 1.82) is 0 Å². The fraction of sp³-hybridized carbons (Fsp3) is 0.167. The van der Waals surface area contributed by atoms with E-state index in [1.54, 1.807) is 0 Å². The van der Waals surface area contributed by atoms with Crippen LogP contribution in [-0.4, -0.2) is 39.3 Å².